The second kappa shape index (κ2) is 10.6. The van der Waals surface area contributed by atoms with E-state index in [-0.39, 0.29) is 59.1 Å². The van der Waals surface area contributed by atoms with Crippen molar-refractivity contribution in [2.75, 3.05) is 14.2 Å². The summed E-state index contributed by atoms with van der Waals surface area (Å²) >= 11 is 0. The summed E-state index contributed by atoms with van der Waals surface area (Å²) in [6.45, 7) is 0. The number of methoxy groups -OCH3 is 2. The van der Waals surface area contributed by atoms with E-state index in [9.17, 15) is 40.9 Å². The Kier molecular flexibility index (Phi) is 10.3. The van der Waals surface area contributed by atoms with E-state index in [1.807, 2.05) is 0 Å². The Morgan fingerprint density at radius 3 is 1.27 bits per heavy atom. The number of ether oxygens (including phenoxy) is 2. The largest absolute Gasteiger partial charge is 0.507 e. The summed E-state index contributed by atoms with van der Waals surface area (Å²) in [5.41, 5.74) is -1.40. The zero-order valence-electron chi connectivity index (χ0n) is 16.3. The van der Waals surface area contributed by atoms with Crippen molar-refractivity contribution < 1.29 is 50.4 Å². The van der Waals surface area contributed by atoms with Gasteiger partial charge in [-0.3, -0.25) is 13.9 Å². The number of carbonyl (C=O) groups excluding carboxylic acids is 1. The van der Waals surface area contributed by atoms with Gasteiger partial charge in [-0.15, -0.1) is 0 Å². The Hall–Kier alpha value is -0.870. The van der Waals surface area contributed by atoms with Gasteiger partial charge in [0, 0.05) is 71.2 Å². The third-order valence-corrected chi connectivity index (χ3v) is 5.36. The van der Waals surface area contributed by atoms with Crippen molar-refractivity contribution in [2.45, 2.75) is 9.79 Å². The molecule has 0 atom stereocenters. The minimum Gasteiger partial charge on any atom is -0.507 e. The first-order chi connectivity index (χ1) is 12.8. The van der Waals surface area contributed by atoms with Crippen LogP contribution in [0.15, 0.2) is 34.1 Å². The smallest absolute Gasteiger partial charge is 0.298 e. The molecule has 0 bridgehead atoms. The van der Waals surface area contributed by atoms with Gasteiger partial charge in [-0.05, 0) is 12.1 Å². The molecule has 154 valence electrons. The van der Waals surface area contributed by atoms with Crippen molar-refractivity contribution in [3.05, 3.63) is 35.4 Å². The molecule has 0 spiro atoms. The Bertz CT molecular complexity index is 1080. The maximum absolute atomic E-state index is 12.7. The van der Waals surface area contributed by atoms with Crippen LogP contribution in [0, 0.1) is 0 Å². The normalized spacial score (nSPS) is 11.1. The Morgan fingerprint density at radius 2 is 1.03 bits per heavy atom. The molecule has 0 aliphatic rings. The van der Waals surface area contributed by atoms with Gasteiger partial charge in [0.15, 0.2) is 0 Å². The minimum atomic E-state index is -4.86. The second-order valence-electron chi connectivity index (χ2n) is 5.32. The molecule has 2 rings (SSSR count). The molecule has 0 unspecified atom stereocenters. The Morgan fingerprint density at radius 1 is 0.733 bits per heavy atom. The number of phenols is 2. The van der Waals surface area contributed by atoms with E-state index >= 15 is 0 Å². The van der Waals surface area contributed by atoms with Crippen LogP contribution in [-0.2, 0) is 20.2 Å². The monoisotopic (exact) mass is 480 g/mol. The molecule has 0 fully saturated rings. The topological polar surface area (TPSA) is 185 Å². The van der Waals surface area contributed by atoms with E-state index < -0.39 is 69.9 Å². The summed E-state index contributed by atoms with van der Waals surface area (Å²) in [5, 5.41) is 20.0. The second-order valence-corrected chi connectivity index (χ2v) is 8.10. The molecule has 0 saturated heterocycles. The SMILES string of the molecule is COc1cc(O)c(C(=O)c2cc(S(=O)(=O)O)c(OC)cc2O)cc1S(=O)(=O)O.[Na].[Na]. The quantitative estimate of drug-likeness (QED) is 0.249. The molecule has 0 aliphatic carbocycles. The maximum atomic E-state index is 12.7. The number of ketones is 1. The number of phenolic OH excluding ortho intramolecular Hbond substituents is 2. The number of aromatic hydroxyl groups is 2. The number of hydrogen-bond donors (Lipinski definition) is 4. The molecular formula is C15H14Na2O11S2. The van der Waals surface area contributed by atoms with E-state index in [1.165, 1.54) is 0 Å². The predicted molar refractivity (Wildman–Crippen MR) is 104 cm³/mol. The fourth-order valence-electron chi connectivity index (χ4n) is 2.33. The molecule has 2 aromatic rings. The molecule has 4 N–H and O–H groups in total. The van der Waals surface area contributed by atoms with Crippen LogP contribution in [0.1, 0.15) is 15.9 Å². The van der Waals surface area contributed by atoms with Crippen LogP contribution in [-0.4, -0.2) is 115 Å². The van der Waals surface area contributed by atoms with Crippen LogP contribution in [0.3, 0.4) is 0 Å². The first-order valence-corrected chi connectivity index (χ1v) is 10.0. The van der Waals surface area contributed by atoms with Crippen LogP contribution in [0.2, 0.25) is 0 Å². The van der Waals surface area contributed by atoms with E-state index in [1.54, 1.807) is 0 Å². The first-order valence-electron chi connectivity index (χ1n) is 7.13. The van der Waals surface area contributed by atoms with Crippen LogP contribution >= 0.6 is 0 Å². The van der Waals surface area contributed by atoms with Crippen molar-refractivity contribution in [1.29, 1.82) is 0 Å². The predicted octanol–water partition coefficient (Wildman–Crippen LogP) is 0.0778. The van der Waals surface area contributed by atoms with Crippen molar-refractivity contribution >= 4 is 85.1 Å². The zero-order valence-corrected chi connectivity index (χ0v) is 21.9. The first kappa shape index (κ1) is 29.1. The summed E-state index contributed by atoms with van der Waals surface area (Å²) < 4.78 is 73.9. The molecule has 15 heteroatoms. The molecule has 0 saturated carbocycles. The molecule has 30 heavy (non-hydrogen) atoms. The van der Waals surface area contributed by atoms with E-state index in [4.69, 9.17) is 9.47 Å². The average molecular weight is 480 g/mol. The number of rotatable bonds is 6. The Labute approximate surface area is 216 Å². The van der Waals surface area contributed by atoms with Crippen molar-refractivity contribution in [1.82, 2.24) is 0 Å². The summed E-state index contributed by atoms with van der Waals surface area (Å²) in [6, 6.07) is 2.65. The van der Waals surface area contributed by atoms with Gasteiger partial charge in [0.1, 0.15) is 32.8 Å². The summed E-state index contributed by atoms with van der Waals surface area (Å²) in [4.78, 5) is 11.0. The molecule has 0 amide bonds. The van der Waals surface area contributed by atoms with E-state index in [0.717, 1.165) is 26.4 Å². The van der Waals surface area contributed by atoms with Gasteiger partial charge in [-0.1, -0.05) is 0 Å². The molecule has 0 aliphatic heterocycles. The molecule has 0 heterocycles. The third-order valence-electron chi connectivity index (χ3n) is 3.61. The molecular weight excluding hydrogens is 466 g/mol. The van der Waals surface area contributed by atoms with Crippen LogP contribution in [0.5, 0.6) is 23.0 Å². The van der Waals surface area contributed by atoms with Gasteiger partial charge in [0.25, 0.3) is 20.2 Å². The van der Waals surface area contributed by atoms with E-state index in [2.05, 4.69) is 0 Å². The fraction of sp³-hybridized carbons (Fsp3) is 0.133. The number of hydrogen-bond acceptors (Lipinski definition) is 9. The summed E-state index contributed by atoms with van der Waals surface area (Å²) in [7, 11) is -7.61. The molecule has 0 aromatic heterocycles. The van der Waals surface area contributed by atoms with E-state index in [0.29, 0.717) is 12.1 Å². The fourth-order valence-corrected chi connectivity index (χ4v) is 3.66. The van der Waals surface area contributed by atoms with Crippen LogP contribution in [0.25, 0.3) is 0 Å². The molecule has 2 aromatic carbocycles. The zero-order chi connectivity index (χ0) is 21.4. The molecule has 11 nitrogen and oxygen atoms in total. The van der Waals surface area contributed by atoms with Crippen molar-refractivity contribution in [2.24, 2.45) is 0 Å². The minimum absolute atomic E-state index is 0. The number of benzene rings is 2. The summed E-state index contributed by atoms with van der Waals surface area (Å²) in [5.74, 6) is -3.70. The number of carbonyl (C=O) groups is 1. The van der Waals surface area contributed by atoms with Gasteiger partial charge >= 0.3 is 0 Å². The van der Waals surface area contributed by atoms with Crippen LogP contribution in [0.4, 0.5) is 0 Å². The van der Waals surface area contributed by atoms with Crippen LogP contribution < -0.4 is 9.47 Å². The van der Waals surface area contributed by atoms with Crippen molar-refractivity contribution in [3.8, 4) is 23.0 Å². The Balaban J connectivity index is 0.00000420. The third kappa shape index (κ3) is 6.09. The van der Waals surface area contributed by atoms with Gasteiger partial charge in [-0.25, -0.2) is 0 Å². The summed E-state index contributed by atoms with van der Waals surface area (Å²) in [6.07, 6.45) is 0. The average Bonchev–Trinajstić information content (AvgIpc) is 2.58. The van der Waals surface area contributed by atoms with Gasteiger partial charge in [-0.2, -0.15) is 16.8 Å². The van der Waals surface area contributed by atoms with Gasteiger partial charge < -0.3 is 19.7 Å². The van der Waals surface area contributed by atoms with Gasteiger partial charge in [0.2, 0.25) is 5.78 Å². The van der Waals surface area contributed by atoms with Gasteiger partial charge in [0.05, 0.1) is 25.3 Å². The molecule has 2 radical (unpaired) electrons. The maximum Gasteiger partial charge on any atom is 0.298 e. The van der Waals surface area contributed by atoms with Crippen molar-refractivity contribution in [3.63, 3.8) is 0 Å². The standard InChI is InChI=1S/C15H14O11S2.2Na/c1-25-11-5-9(16)7(3-13(11)27(19,20)21)15(18)8-4-14(28(22,23)24)12(26-2)6-10(8)17;;/h3-6,16-17H,1-2H3,(H,19,20,21)(H,22,23,24);;.